The molecule has 18 heavy (non-hydrogen) atoms. The van der Waals surface area contributed by atoms with E-state index in [-0.39, 0.29) is 31.1 Å². The molecule has 1 heterocycles. The summed E-state index contributed by atoms with van der Waals surface area (Å²) in [4.78, 5) is 13.6. The summed E-state index contributed by atoms with van der Waals surface area (Å²) in [6, 6.07) is -0.217. The summed E-state index contributed by atoms with van der Waals surface area (Å²) in [5.41, 5.74) is 0. The molecule has 1 aliphatic heterocycles. The van der Waals surface area contributed by atoms with Crippen LogP contribution in [0.2, 0.25) is 0 Å². The third-order valence-corrected chi connectivity index (χ3v) is 3.17. The molecule has 106 valence electrons. The SMILES string of the molecule is CCCC1NC(CC)N(CCCC(F)(F)F)C1=O. The lowest BCUT2D eigenvalue weighted by atomic mass is 10.1. The van der Waals surface area contributed by atoms with Crippen molar-refractivity contribution in [1.82, 2.24) is 10.2 Å². The Labute approximate surface area is 106 Å². The normalized spacial score (nSPS) is 24.9. The van der Waals surface area contributed by atoms with Gasteiger partial charge in [0, 0.05) is 13.0 Å². The fourth-order valence-corrected chi connectivity index (χ4v) is 2.30. The van der Waals surface area contributed by atoms with Crippen molar-refractivity contribution >= 4 is 5.91 Å². The first-order valence-electron chi connectivity index (χ1n) is 6.52. The number of rotatable bonds is 6. The van der Waals surface area contributed by atoms with Crippen LogP contribution in [-0.4, -0.2) is 35.7 Å². The Morgan fingerprint density at radius 2 is 2.00 bits per heavy atom. The maximum Gasteiger partial charge on any atom is 0.389 e. The summed E-state index contributed by atoms with van der Waals surface area (Å²) >= 11 is 0. The number of hydrogen-bond acceptors (Lipinski definition) is 2. The maximum atomic E-state index is 12.1. The number of alkyl halides is 3. The van der Waals surface area contributed by atoms with Crippen LogP contribution in [0.25, 0.3) is 0 Å². The van der Waals surface area contributed by atoms with Crippen LogP contribution >= 0.6 is 0 Å². The lowest BCUT2D eigenvalue weighted by molar-refractivity contribution is -0.140. The van der Waals surface area contributed by atoms with Gasteiger partial charge in [0.1, 0.15) is 0 Å². The first-order valence-corrected chi connectivity index (χ1v) is 6.52. The minimum atomic E-state index is -4.14. The molecule has 6 heteroatoms. The molecular formula is C12H21F3N2O. The highest BCUT2D eigenvalue weighted by Gasteiger charge is 2.37. The van der Waals surface area contributed by atoms with Gasteiger partial charge in [0.2, 0.25) is 5.91 Å². The molecule has 1 saturated heterocycles. The van der Waals surface area contributed by atoms with Gasteiger partial charge in [0.25, 0.3) is 0 Å². The van der Waals surface area contributed by atoms with Crippen LogP contribution in [-0.2, 0) is 4.79 Å². The van der Waals surface area contributed by atoms with Gasteiger partial charge >= 0.3 is 6.18 Å². The van der Waals surface area contributed by atoms with Crippen LogP contribution in [0.1, 0.15) is 46.0 Å². The molecule has 1 fully saturated rings. The minimum absolute atomic E-state index is 0.0216. The van der Waals surface area contributed by atoms with Gasteiger partial charge in [-0.05, 0) is 19.3 Å². The van der Waals surface area contributed by atoms with Crippen molar-refractivity contribution < 1.29 is 18.0 Å². The van der Waals surface area contributed by atoms with Crippen molar-refractivity contribution in [2.24, 2.45) is 0 Å². The molecule has 0 aliphatic carbocycles. The molecule has 1 amide bonds. The van der Waals surface area contributed by atoms with Crippen LogP contribution in [0.4, 0.5) is 13.2 Å². The standard InChI is InChI=1S/C12H21F3N2O/c1-3-6-9-11(18)17(10(4-2)16-9)8-5-7-12(13,14)15/h9-10,16H,3-8H2,1-2H3. The summed E-state index contributed by atoms with van der Waals surface area (Å²) in [5, 5.41) is 3.18. The van der Waals surface area contributed by atoms with Gasteiger partial charge in [-0.1, -0.05) is 20.3 Å². The maximum absolute atomic E-state index is 12.1. The highest BCUT2D eigenvalue weighted by Crippen LogP contribution is 2.23. The van der Waals surface area contributed by atoms with Gasteiger partial charge < -0.3 is 4.90 Å². The van der Waals surface area contributed by atoms with E-state index in [1.54, 1.807) is 4.90 Å². The Morgan fingerprint density at radius 3 is 2.50 bits per heavy atom. The predicted octanol–water partition coefficient (Wildman–Crippen LogP) is 2.67. The van der Waals surface area contributed by atoms with Gasteiger partial charge in [0.05, 0.1) is 12.2 Å². The van der Waals surface area contributed by atoms with E-state index in [1.165, 1.54) is 0 Å². The summed E-state index contributed by atoms with van der Waals surface area (Å²) < 4.78 is 36.3. The Bertz CT molecular complexity index is 281. The summed E-state index contributed by atoms with van der Waals surface area (Å²) in [5.74, 6) is -0.0501. The van der Waals surface area contributed by atoms with Crippen molar-refractivity contribution in [3.8, 4) is 0 Å². The second-order valence-corrected chi connectivity index (χ2v) is 4.68. The summed E-state index contributed by atoms with van der Waals surface area (Å²) in [7, 11) is 0. The average molecular weight is 266 g/mol. The van der Waals surface area contributed by atoms with Gasteiger partial charge in [-0.15, -0.1) is 0 Å². The van der Waals surface area contributed by atoms with E-state index in [4.69, 9.17) is 0 Å². The number of amides is 1. The van der Waals surface area contributed by atoms with Crippen molar-refractivity contribution in [3.63, 3.8) is 0 Å². The highest BCUT2D eigenvalue weighted by molar-refractivity contribution is 5.84. The zero-order valence-electron chi connectivity index (χ0n) is 10.9. The molecule has 1 aliphatic rings. The molecule has 1 N–H and O–H groups in total. The number of halogens is 3. The molecule has 2 unspecified atom stereocenters. The first kappa shape index (κ1) is 15.3. The first-order chi connectivity index (χ1) is 8.39. The fourth-order valence-electron chi connectivity index (χ4n) is 2.30. The smallest absolute Gasteiger partial charge is 0.326 e. The third kappa shape index (κ3) is 4.15. The molecule has 0 aromatic carbocycles. The average Bonchev–Trinajstić information content (AvgIpc) is 2.56. The van der Waals surface area contributed by atoms with Crippen LogP contribution in [0.3, 0.4) is 0 Å². The summed E-state index contributed by atoms with van der Waals surface area (Å²) in [6.45, 7) is 4.10. The van der Waals surface area contributed by atoms with E-state index in [2.05, 4.69) is 5.32 Å². The van der Waals surface area contributed by atoms with Gasteiger partial charge in [-0.2, -0.15) is 13.2 Å². The minimum Gasteiger partial charge on any atom is -0.326 e. The third-order valence-electron chi connectivity index (χ3n) is 3.17. The molecule has 0 spiro atoms. The second kappa shape index (κ2) is 6.41. The van der Waals surface area contributed by atoms with Crippen LogP contribution in [0, 0.1) is 0 Å². The van der Waals surface area contributed by atoms with Crippen molar-refractivity contribution in [2.75, 3.05) is 6.54 Å². The summed E-state index contributed by atoms with van der Waals surface area (Å²) in [6.07, 6.45) is -2.75. The largest absolute Gasteiger partial charge is 0.389 e. The topological polar surface area (TPSA) is 32.3 Å². The van der Waals surface area contributed by atoms with Gasteiger partial charge in [0.15, 0.2) is 0 Å². The van der Waals surface area contributed by atoms with Crippen LogP contribution < -0.4 is 5.32 Å². The van der Waals surface area contributed by atoms with E-state index in [9.17, 15) is 18.0 Å². The van der Waals surface area contributed by atoms with Gasteiger partial charge in [-0.3, -0.25) is 10.1 Å². The van der Waals surface area contributed by atoms with Crippen LogP contribution in [0.15, 0.2) is 0 Å². The van der Waals surface area contributed by atoms with Gasteiger partial charge in [-0.25, -0.2) is 0 Å². The molecule has 2 atom stereocenters. The molecule has 0 aromatic heterocycles. The van der Waals surface area contributed by atoms with Crippen molar-refractivity contribution in [1.29, 1.82) is 0 Å². The molecule has 0 aromatic rings. The van der Waals surface area contributed by atoms with E-state index in [0.29, 0.717) is 0 Å². The van der Waals surface area contributed by atoms with Crippen molar-refractivity contribution in [3.05, 3.63) is 0 Å². The quantitative estimate of drug-likeness (QED) is 0.801. The number of carbonyl (C=O) groups excluding carboxylic acids is 1. The molecule has 3 nitrogen and oxygen atoms in total. The lowest BCUT2D eigenvalue weighted by Gasteiger charge is -2.23. The van der Waals surface area contributed by atoms with Crippen LogP contribution in [0.5, 0.6) is 0 Å². The molecule has 0 saturated carbocycles. The molecular weight excluding hydrogens is 245 g/mol. The molecule has 0 bridgehead atoms. The highest BCUT2D eigenvalue weighted by atomic mass is 19.4. The number of hydrogen-bond donors (Lipinski definition) is 1. The lowest BCUT2D eigenvalue weighted by Crippen LogP contribution is -2.37. The van der Waals surface area contributed by atoms with E-state index in [0.717, 1.165) is 19.3 Å². The zero-order chi connectivity index (χ0) is 13.8. The molecule has 1 rings (SSSR count). The zero-order valence-corrected chi connectivity index (χ0v) is 10.9. The molecule has 0 radical (unpaired) electrons. The monoisotopic (exact) mass is 266 g/mol. The number of carbonyl (C=O) groups is 1. The fraction of sp³-hybridized carbons (Fsp3) is 0.917. The van der Waals surface area contributed by atoms with E-state index in [1.807, 2.05) is 13.8 Å². The predicted molar refractivity (Wildman–Crippen MR) is 62.9 cm³/mol. The van der Waals surface area contributed by atoms with Crippen molar-refractivity contribution in [2.45, 2.75) is 64.3 Å². The Morgan fingerprint density at radius 1 is 1.33 bits per heavy atom. The Balaban J connectivity index is 2.49. The Hall–Kier alpha value is -0.780. The second-order valence-electron chi connectivity index (χ2n) is 4.68. The Kier molecular flexibility index (Phi) is 5.44. The van der Waals surface area contributed by atoms with E-state index < -0.39 is 12.6 Å². The van der Waals surface area contributed by atoms with E-state index >= 15 is 0 Å². The number of nitrogens with zero attached hydrogens (tertiary/aromatic N) is 1. The number of nitrogens with one attached hydrogen (secondary N) is 1.